The third-order valence-electron chi connectivity index (χ3n) is 4.84. The molecule has 0 unspecified atom stereocenters. The van der Waals surface area contributed by atoms with E-state index in [1.165, 1.54) is 6.08 Å². The predicted octanol–water partition coefficient (Wildman–Crippen LogP) is 7.05. The number of aryl methyl sites for hydroxylation is 2. The summed E-state index contributed by atoms with van der Waals surface area (Å²) >= 11 is 12.9. The number of nitrogens with zero attached hydrogens (tertiary/aromatic N) is 1. The van der Waals surface area contributed by atoms with Gasteiger partial charge in [-0.25, -0.2) is 0 Å². The quantitative estimate of drug-likeness (QED) is 0.220. The van der Waals surface area contributed by atoms with E-state index in [2.05, 4.69) is 42.5 Å². The summed E-state index contributed by atoms with van der Waals surface area (Å²) in [6.45, 7) is 3.57. The monoisotopic (exact) mass is 615 g/mol. The van der Waals surface area contributed by atoms with Gasteiger partial charge in [-0.05, 0) is 77.3 Å². The highest BCUT2D eigenvalue weighted by Gasteiger charge is 2.16. The Labute approximate surface area is 225 Å². The number of carbonyl (C=O) groups is 2. The van der Waals surface area contributed by atoms with Crippen molar-refractivity contribution >= 4 is 72.7 Å². The first kappa shape index (κ1) is 26.5. The van der Waals surface area contributed by atoms with Crippen LogP contribution in [0.15, 0.2) is 69.1 Å². The van der Waals surface area contributed by atoms with Crippen molar-refractivity contribution in [2.45, 2.75) is 13.8 Å². The van der Waals surface area contributed by atoms with Gasteiger partial charge in [0.1, 0.15) is 17.4 Å². The molecule has 178 valence electrons. The van der Waals surface area contributed by atoms with Crippen LogP contribution in [0.5, 0.6) is 5.75 Å². The van der Waals surface area contributed by atoms with E-state index in [0.29, 0.717) is 36.7 Å². The van der Waals surface area contributed by atoms with Crippen molar-refractivity contribution in [2.24, 2.45) is 0 Å². The summed E-state index contributed by atoms with van der Waals surface area (Å²) in [4.78, 5) is 25.3. The van der Waals surface area contributed by atoms with Crippen LogP contribution in [0.2, 0.25) is 5.02 Å². The minimum absolute atomic E-state index is 0.167. The molecule has 0 spiro atoms. The van der Waals surface area contributed by atoms with Crippen LogP contribution in [0.25, 0.3) is 6.08 Å². The van der Waals surface area contributed by atoms with Crippen molar-refractivity contribution in [3.63, 3.8) is 0 Å². The fourth-order valence-electron chi connectivity index (χ4n) is 3.09. The van der Waals surface area contributed by atoms with Gasteiger partial charge in [0.25, 0.3) is 11.8 Å². The lowest BCUT2D eigenvalue weighted by Gasteiger charge is -2.14. The average molecular weight is 618 g/mol. The first-order chi connectivity index (χ1) is 16.7. The Kier molecular flexibility index (Phi) is 9.10. The molecule has 0 fully saturated rings. The minimum atomic E-state index is -0.629. The lowest BCUT2D eigenvalue weighted by molar-refractivity contribution is -0.118. The summed E-state index contributed by atoms with van der Waals surface area (Å²) in [5.41, 5.74) is 3.30. The van der Waals surface area contributed by atoms with Crippen LogP contribution in [0.4, 0.5) is 11.4 Å². The van der Waals surface area contributed by atoms with E-state index in [9.17, 15) is 14.9 Å². The van der Waals surface area contributed by atoms with Crippen LogP contribution in [0.3, 0.4) is 0 Å². The number of hydrogen-bond donors (Lipinski definition) is 2. The molecule has 3 aromatic carbocycles. The Hall–Kier alpha value is -3.12. The highest BCUT2D eigenvalue weighted by molar-refractivity contribution is 9.11. The number of nitriles is 1. The second-order valence-corrected chi connectivity index (χ2v) is 9.74. The standard InChI is InChI=1S/C26H20Br2ClN3O3/c1-15-7-8-16(2)23(9-15)31-24(33)14-35-25-17(11-19(27)12-20(25)28)10-18(13-30)26(34)32-22-6-4-3-5-21(22)29/h3-12H,14H2,1-2H3,(H,31,33)(H,32,34)/b18-10+. The van der Waals surface area contributed by atoms with Gasteiger partial charge in [-0.15, -0.1) is 0 Å². The minimum Gasteiger partial charge on any atom is -0.482 e. The molecule has 0 aromatic heterocycles. The third kappa shape index (κ3) is 7.18. The van der Waals surface area contributed by atoms with Crippen LogP contribution < -0.4 is 15.4 Å². The molecule has 0 saturated carbocycles. The lowest BCUT2D eigenvalue weighted by atomic mass is 10.1. The Balaban J connectivity index is 1.82. The SMILES string of the molecule is Cc1ccc(C)c(NC(=O)COc2c(Br)cc(Br)cc2/C=C(\C#N)C(=O)Nc2ccccc2Cl)c1. The van der Waals surface area contributed by atoms with Crippen LogP contribution in [0, 0.1) is 25.2 Å². The summed E-state index contributed by atoms with van der Waals surface area (Å²) in [7, 11) is 0. The van der Waals surface area contributed by atoms with Crippen molar-refractivity contribution in [3.05, 3.63) is 90.8 Å². The highest BCUT2D eigenvalue weighted by Crippen LogP contribution is 2.34. The molecule has 0 radical (unpaired) electrons. The molecule has 35 heavy (non-hydrogen) atoms. The Morgan fingerprint density at radius 3 is 2.51 bits per heavy atom. The summed E-state index contributed by atoms with van der Waals surface area (Å²) < 4.78 is 7.03. The maximum atomic E-state index is 12.7. The van der Waals surface area contributed by atoms with E-state index in [4.69, 9.17) is 16.3 Å². The number of rotatable bonds is 7. The maximum Gasteiger partial charge on any atom is 0.266 e. The van der Waals surface area contributed by atoms with Crippen molar-refractivity contribution in [1.82, 2.24) is 0 Å². The molecule has 0 bridgehead atoms. The van der Waals surface area contributed by atoms with Gasteiger partial charge in [0.2, 0.25) is 0 Å². The highest BCUT2D eigenvalue weighted by atomic mass is 79.9. The zero-order valence-corrected chi connectivity index (χ0v) is 22.7. The number of carbonyl (C=O) groups excluding carboxylic acids is 2. The molecule has 2 amide bonds. The molecule has 0 aliphatic carbocycles. The van der Waals surface area contributed by atoms with Crippen molar-refractivity contribution in [3.8, 4) is 11.8 Å². The van der Waals surface area contributed by atoms with Crippen LogP contribution in [-0.2, 0) is 9.59 Å². The molecule has 0 aliphatic rings. The average Bonchev–Trinajstić information content (AvgIpc) is 2.80. The zero-order chi connectivity index (χ0) is 25.5. The normalized spacial score (nSPS) is 10.9. The molecule has 0 saturated heterocycles. The van der Waals surface area contributed by atoms with Gasteiger partial charge in [0.05, 0.1) is 15.2 Å². The van der Waals surface area contributed by atoms with E-state index in [1.807, 2.05) is 38.1 Å². The van der Waals surface area contributed by atoms with Gasteiger partial charge in [0.15, 0.2) is 6.61 Å². The van der Waals surface area contributed by atoms with Crippen LogP contribution >= 0.6 is 43.5 Å². The van der Waals surface area contributed by atoms with Crippen LogP contribution in [-0.4, -0.2) is 18.4 Å². The molecule has 6 nitrogen and oxygen atoms in total. The van der Waals surface area contributed by atoms with Gasteiger partial charge in [-0.2, -0.15) is 5.26 Å². The Morgan fingerprint density at radius 1 is 1.06 bits per heavy atom. The molecule has 3 aromatic rings. The molecule has 9 heteroatoms. The Bertz CT molecular complexity index is 1370. The van der Waals surface area contributed by atoms with Crippen molar-refractivity contribution in [1.29, 1.82) is 5.26 Å². The van der Waals surface area contributed by atoms with E-state index in [1.54, 1.807) is 36.4 Å². The number of para-hydroxylation sites is 1. The predicted molar refractivity (Wildman–Crippen MR) is 146 cm³/mol. The molecule has 0 atom stereocenters. The van der Waals surface area contributed by atoms with E-state index < -0.39 is 5.91 Å². The van der Waals surface area contributed by atoms with E-state index in [-0.39, 0.29) is 18.1 Å². The number of benzene rings is 3. The molecule has 2 N–H and O–H groups in total. The Morgan fingerprint density at radius 2 is 1.80 bits per heavy atom. The summed E-state index contributed by atoms with van der Waals surface area (Å²) in [6, 6.07) is 17.8. The molecular formula is C26H20Br2ClN3O3. The largest absolute Gasteiger partial charge is 0.482 e. The van der Waals surface area contributed by atoms with Gasteiger partial charge in [0, 0.05) is 15.7 Å². The second-order valence-electron chi connectivity index (χ2n) is 7.56. The second kappa shape index (κ2) is 12.0. The lowest BCUT2D eigenvalue weighted by Crippen LogP contribution is -2.21. The van der Waals surface area contributed by atoms with Crippen molar-refractivity contribution < 1.29 is 14.3 Å². The number of halogens is 3. The fraction of sp³-hybridized carbons (Fsp3) is 0.115. The first-order valence-corrected chi connectivity index (χ1v) is 12.3. The smallest absolute Gasteiger partial charge is 0.266 e. The molecule has 0 heterocycles. The van der Waals surface area contributed by atoms with Gasteiger partial charge < -0.3 is 15.4 Å². The first-order valence-electron chi connectivity index (χ1n) is 10.3. The van der Waals surface area contributed by atoms with E-state index in [0.717, 1.165) is 11.1 Å². The van der Waals surface area contributed by atoms with Crippen LogP contribution in [0.1, 0.15) is 16.7 Å². The van der Waals surface area contributed by atoms with E-state index >= 15 is 0 Å². The summed E-state index contributed by atoms with van der Waals surface area (Å²) in [6.07, 6.45) is 1.39. The topological polar surface area (TPSA) is 91.2 Å². The number of hydrogen-bond acceptors (Lipinski definition) is 4. The number of nitrogens with one attached hydrogen (secondary N) is 2. The van der Waals surface area contributed by atoms with Gasteiger partial charge >= 0.3 is 0 Å². The van der Waals surface area contributed by atoms with Crippen molar-refractivity contribution in [2.75, 3.05) is 17.2 Å². The fourth-order valence-corrected chi connectivity index (χ4v) is 4.65. The number of anilines is 2. The maximum absolute atomic E-state index is 12.7. The van der Waals surface area contributed by atoms with Gasteiger partial charge in [-0.1, -0.05) is 51.8 Å². The summed E-state index contributed by atoms with van der Waals surface area (Å²) in [5, 5.41) is 15.4. The number of ether oxygens (including phenoxy) is 1. The number of amides is 2. The molecule has 3 rings (SSSR count). The van der Waals surface area contributed by atoms with Gasteiger partial charge in [-0.3, -0.25) is 9.59 Å². The zero-order valence-electron chi connectivity index (χ0n) is 18.8. The molecular weight excluding hydrogens is 598 g/mol. The summed E-state index contributed by atoms with van der Waals surface area (Å²) in [5.74, 6) is -0.668. The molecule has 0 aliphatic heterocycles. The third-order valence-corrected chi connectivity index (χ3v) is 6.22.